The zero-order valence-electron chi connectivity index (χ0n) is 34.4. The number of fused-ring (bicyclic) bond motifs is 2. The van der Waals surface area contributed by atoms with E-state index in [1.165, 1.54) is 0 Å². The average Bonchev–Trinajstić information content (AvgIpc) is 3.29. The first-order valence-corrected chi connectivity index (χ1v) is 21.4. The lowest BCUT2D eigenvalue weighted by molar-refractivity contribution is -0.160. The van der Waals surface area contributed by atoms with Gasteiger partial charge >= 0.3 is 23.9 Å². The van der Waals surface area contributed by atoms with Crippen LogP contribution in [0.5, 0.6) is 11.5 Å². The second-order valence-electron chi connectivity index (χ2n) is 16.8. The van der Waals surface area contributed by atoms with Crippen LogP contribution in [-0.2, 0) is 19.2 Å². The Hall–Kier alpha value is -7.84. The number of carboxylic acids is 2. The Morgan fingerprint density at radius 1 is 0.344 bits per heavy atom. The molecule has 64 heavy (non-hydrogen) atoms. The molecule has 0 radical (unpaired) electrons. The third kappa shape index (κ3) is 7.16. The molecule has 8 aromatic carbocycles. The summed E-state index contributed by atoms with van der Waals surface area (Å²) in [6.07, 6.45) is 0. The molecule has 2 N–H and O–H groups in total. The Kier molecular flexibility index (Phi) is 10.6. The van der Waals surface area contributed by atoms with Crippen molar-refractivity contribution in [2.24, 2.45) is 23.7 Å². The number of esters is 2. The predicted octanol–water partition coefficient (Wildman–Crippen LogP) is 11.3. The monoisotopic (exact) mass is 842 g/mol. The molecule has 6 atom stereocenters. The number of rotatable bonds is 11. The second kappa shape index (κ2) is 16.8. The Bertz CT molecular complexity index is 2990. The molecule has 0 saturated heterocycles. The van der Waals surface area contributed by atoms with Crippen LogP contribution >= 0.6 is 0 Å². The summed E-state index contributed by atoms with van der Waals surface area (Å²) in [6, 6.07) is 60.0. The number of benzene rings is 8. The number of aliphatic carboxylic acids is 2. The van der Waals surface area contributed by atoms with Crippen LogP contribution in [0.2, 0.25) is 0 Å². The molecule has 2 fully saturated rings. The van der Waals surface area contributed by atoms with E-state index in [9.17, 15) is 29.4 Å². The van der Waals surface area contributed by atoms with Gasteiger partial charge in [0.1, 0.15) is 11.5 Å². The van der Waals surface area contributed by atoms with E-state index in [0.29, 0.717) is 17.1 Å². The maximum absolute atomic E-state index is 14.6. The lowest BCUT2D eigenvalue weighted by Crippen LogP contribution is -2.52. The van der Waals surface area contributed by atoms with Crippen LogP contribution in [0, 0.1) is 23.7 Å². The van der Waals surface area contributed by atoms with Crippen LogP contribution in [0.4, 0.5) is 0 Å². The zero-order valence-corrected chi connectivity index (χ0v) is 34.4. The van der Waals surface area contributed by atoms with Crippen molar-refractivity contribution in [2.75, 3.05) is 0 Å². The number of ether oxygens (including phenoxy) is 2. The highest BCUT2D eigenvalue weighted by atomic mass is 16.5. The first-order valence-electron chi connectivity index (χ1n) is 21.4. The van der Waals surface area contributed by atoms with Gasteiger partial charge in [-0.05, 0) is 62.4 Å². The van der Waals surface area contributed by atoms with E-state index >= 15 is 0 Å². The quantitative estimate of drug-likeness (QED) is 0.0973. The van der Waals surface area contributed by atoms with E-state index in [4.69, 9.17) is 9.47 Å². The number of carbonyl (C=O) groups excluding carboxylic acids is 2. The smallest absolute Gasteiger partial charge is 0.315 e. The van der Waals surface area contributed by atoms with Gasteiger partial charge in [-0.3, -0.25) is 19.2 Å². The second-order valence-corrected chi connectivity index (χ2v) is 16.8. The van der Waals surface area contributed by atoms with Gasteiger partial charge in [-0.25, -0.2) is 0 Å². The lowest BCUT2D eigenvalue weighted by Gasteiger charge is -2.49. The highest BCUT2D eigenvalue weighted by Crippen LogP contribution is 2.59. The molecular weight excluding hydrogens is 801 g/mol. The minimum atomic E-state index is -0.997. The van der Waals surface area contributed by atoms with Gasteiger partial charge in [-0.2, -0.15) is 0 Å². The first kappa shape index (κ1) is 40.2. The summed E-state index contributed by atoms with van der Waals surface area (Å²) in [5.74, 6) is -8.00. The molecule has 0 bridgehead atoms. The number of carboxylic acid groups (broad SMARTS) is 2. The highest BCUT2D eigenvalue weighted by molar-refractivity contribution is 5.96. The summed E-state index contributed by atoms with van der Waals surface area (Å²) in [6.45, 7) is 0. The SMILES string of the molecule is O=C(O)[C@H]1[C@H](c2ccccc2)[C@@H](C(=O)Oc2cccc3ccccc23)[C@H]1c1ccc(-c2cc(OC(=O)[C@H]3[C@H](c4ccccc4)[C@@H](C(=O)O)[C@H]3c3ccccc3)c3ccccc3c2)cc1. The minimum Gasteiger partial charge on any atom is -0.481 e. The summed E-state index contributed by atoms with van der Waals surface area (Å²) in [4.78, 5) is 54.8. The van der Waals surface area contributed by atoms with Crippen molar-refractivity contribution < 1.29 is 38.9 Å². The van der Waals surface area contributed by atoms with Gasteiger partial charge in [0.25, 0.3) is 0 Å². The van der Waals surface area contributed by atoms with Gasteiger partial charge in [-0.15, -0.1) is 0 Å². The van der Waals surface area contributed by atoms with E-state index in [1.807, 2.05) is 188 Å². The van der Waals surface area contributed by atoms with Gasteiger partial charge in [0.15, 0.2) is 0 Å². The van der Waals surface area contributed by atoms with E-state index in [2.05, 4.69) is 0 Å². The van der Waals surface area contributed by atoms with Gasteiger partial charge < -0.3 is 19.7 Å². The van der Waals surface area contributed by atoms with Gasteiger partial charge in [-0.1, -0.05) is 176 Å². The molecule has 0 aliphatic heterocycles. The largest absolute Gasteiger partial charge is 0.481 e. The first-order chi connectivity index (χ1) is 31.3. The van der Waals surface area contributed by atoms with Crippen molar-refractivity contribution in [3.05, 3.63) is 216 Å². The Balaban J connectivity index is 0.984. The molecule has 2 aliphatic rings. The van der Waals surface area contributed by atoms with Crippen molar-refractivity contribution in [2.45, 2.75) is 23.7 Å². The molecule has 0 heterocycles. The molecule has 8 heteroatoms. The van der Waals surface area contributed by atoms with E-state index in [0.717, 1.165) is 49.4 Å². The predicted molar refractivity (Wildman–Crippen MR) is 244 cm³/mol. The molecule has 10 rings (SSSR count). The molecule has 314 valence electrons. The van der Waals surface area contributed by atoms with Crippen molar-refractivity contribution >= 4 is 45.4 Å². The molecule has 8 aromatic rings. The zero-order chi connectivity index (χ0) is 43.9. The maximum Gasteiger partial charge on any atom is 0.315 e. The van der Waals surface area contributed by atoms with Crippen LogP contribution in [0.1, 0.15) is 45.9 Å². The van der Waals surface area contributed by atoms with Crippen molar-refractivity contribution in [1.82, 2.24) is 0 Å². The molecule has 0 unspecified atom stereocenters. The summed E-state index contributed by atoms with van der Waals surface area (Å²) in [7, 11) is 0. The highest BCUT2D eigenvalue weighted by Gasteiger charge is 2.60. The van der Waals surface area contributed by atoms with E-state index < -0.39 is 71.2 Å². The van der Waals surface area contributed by atoms with Crippen LogP contribution < -0.4 is 9.47 Å². The molecule has 2 saturated carbocycles. The Labute approximate surface area is 369 Å². The van der Waals surface area contributed by atoms with Crippen molar-refractivity contribution in [3.63, 3.8) is 0 Å². The molecule has 2 aliphatic carbocycles. The van der Waals surface area contributed by atoms with Crippen molar-refractivity contribution in [3.8, 4) is 22.6 Å². The van der Waals surface area contributed by atoms with Gasteiger partial charge in [0, 0.05) is 34.4 Å². The van der Waals surface area contributed by atoms with Crippen LogP contribution in [0.25, 0.3) is 32.7 Å². The van der Waals surface area contributed by atoms with Crippen LogP contribution in [0.15, 0.2) is 194 Å². The average molecular weight is 843 g/mol. The van der Waals surface area contributed by atoms with Gasteiger partial charge in [0.05, 0.1) is 23.7 Å². The minimum absolute atomic E-state index is 0.339. The summed E-state index contributed by atoms with van der Waals surface area (Å²) in [5.41, 5.74) is 4.50. The lowest BCUT2D eigenvalue weighted by atomic mass is 9.52. The summed E-state index contributed by atoms with van der Waals surface area (Å²) in [5, 5.41) is 24.5. The van der Waals surface area contributed by atoms with Crippen LogP contribution in [0.3, 0.4) is 0 Å². The fraction of sp³-hybridized carbons (Fsp3) is 0.143. The molecule has 0 aromatic heterocycles. The Morgan fingerprint density at radius 2 is 0.734 bits per heavy atom. The number of carbonyl (C=O) groups is 4. The topological polar surface area (TPSA) is 127 Å². The molecular formula is C56H42O8. The standard InChI is InChI=1S/C56H42O8/c57-53(58)49-45(35-16-4-1-5-17-35)51(46(49)36-18-6-2-7-19-36)56(62)64-44-32-40(31-39-22-11-13-25-42(39)44)33-27-29-38(30-28-33)48-50(54(59)60)47(37-20-8-3-9-21-37)52(48)55(61)63-43-26-14-23-34-15-10-12-24-41(34)43/h1-32,45-52H,(H,57,58)(H,59,60)/t45-,46-,47+,48+,49-,50+,51+,52-/m1/s1. The Morgan fingerprint density at radius 3 is 1.22 bits per heavy atom. The summed E-state index contributed by atoms with van der Waals surface area (Å²) >= 11 is 0. The fourth-order valence-electron chi connectivity index (χ4n) is 10.4. The molecule has 8 nitrogen and oxygen atoms in total. The van der Waals surface area contributed by atoms with Crippen LogP contribution in [-0.4, -0.2) is 34.1 Å². The van der Waals surface area contributed by atoms with Gasteiger partial charge in [0.2, 0.25) is 0 Å². The molecule has 0 spiro atoms. The molecule has 0 amide bonds. The normalized spacial score (nSPS) is 22.4. The fourth-order valence-corrected chi connectivity index (χ4v) is 10.4. The summed E-state index contributed by atoms with van der Waals surface area (Å²) < 4.78 is 12.5. The number of hydrogen-bond acceptors (Lipinski definition) is 6. The third-order valence-electron chi connectivity index (χ3n) is 13.4. The maximum atomic E-state index is 14.6. The van der Waals surface area contributed by atoms with E-state index in [-0.39, 0.29) is 0 Å². The third-order valence-corrected chi connectivity index (χ3v) is 13.4. The van der Waals surface area contributed by atoms with Crippen molar-refractivity contribution in [1.29, 1.82) is 0 Å². The van der Waals surface area contributed by atoms with E-state index in [1.54, 1.807) is 6.07 Å². The number of hydrogen-bond donors (Lipinski definition) is 2.